The number of rotatable bonds is 5. The first-order valence-corrected chi connectivity index (χ1v) is 5.89. The van der Waals surface area contributed by atoms with Crippen molar-refractivity contribution in [1.82, 2.24) is 4.90 Å². The van der Waals surface area contributed by atoms with Crippen molar-refractivity contribution in [1.29, 1.82) is 0 Å². The van der Waals surface area contributed by atoms with E-state index in [0.717, 1.165) is 0 Å². The predicted octanol–water partition coefficient (Wildman–Crippen LogP) is 1.39. The molecule has 16 heavy (non-hydrogen) atoms. The van der Waals surface area contributed by atoms with E-state index in [1.54, 1.807) is 31.0 Å². The third kappa shape index (κ3) is 3.30. The molecule has 2 N–H and O–H groups in total. The molecule has 0 fully saturated rings. The minimum Gasteiger partial charge on any atom is -0.369 e. The van der Waals surface area contributed by atoms with E-state index in [0.29, 0.717) is 9.21 Å². The molecule has 0 saturated carbocycles. The summed E-state index contributed by atoms with van der Waals surface area (Å²) in [5, 5.41) is 0. The molecule has 0 aliphatic carbocycles. The van der Waals surface area contributed by atoms with E-state index in [9.17, 15) is 9.59 Å². The Hall–Kier alpha value is -0.910. The fraction of sp³-hybridized carbons (Fsp3) is 0.400. The molecule has 1 unspecified atom stereocenters. The van der Waals surface area contributed by atoms with Gasteiger partial charge in [0.25, 0.3) is 0 Å². The molecule has 1 aromatic heterocycles. The summed E-state index contributed by atoms with van der Waals surface area (Å²) in [5.41, 5.74) is 5.06. The highest BCUT2D eigenvalue weighted by atomic mass is 35.5. The first-order chi connectivity index (χ1) is 7.41. The molecule has 0 spiro atoms. The largest absolute Gasteiger partial charge is 0.369 e. The summed E-state index contributed by atoms with van der Waals surface area (Å²) in [4.78, 5) is 24.9. The molecule has 1 atom stereocenters. The summed E-state index contributed by atoms with van der Waals surface area (Å²) in [6, 6.07) is 2.98. The Kier molecular flexibility index (Phi) is 4.46. The van der Waals surface area contributed by atoms with Gasteiger partial charge in [-0.25, -0.2) is 0 Å². The van der Waals surface area contributed by atoms with Gasteiger partial charge < -0.3 is 5.73 Å². The summed E-state index contributed by atoms with van der Waals surface area (Å²) in [7, 11) is 1.68. The Morgan fingerprint density at radius 3 is 2.62 bits per heavy atom. The third-order valence-electron chi connectivity index (χ3n) is 2.26. The van der Waals surface area contributed by atoms with Crippen molar-refractivity contribution < 1.29 is 9.59 Å². The minimum atomic E-state index is -0.452. The molecule has 6 heteroatoms. The molecule has 1 rings (SSSR count). The van der Waals surface area contributed by atoms with Crippen LogP contribution in [-0.4, -0.2) is 36.2 Å². The maximum Gasteiger partial charge on any atom is 0.231 e. The Morgan fingerprint density at radius 2 is 2.19 bits per heavy atom. The number of carbonyl (C=O) groups is 2. The van der Waals surface area contributed by atoms with Crippen molar-refractivity contribution in [3.05, 3.63) is 21.3 Å². The highest BCUT2D eigenvalue weighted by molar-refractivity contribution is 7.18. The Balaban J connectivity index is 2.70. The summed E-state index contributed by atoms with van der Waals surface area (Å²) in [6.45, 7) is 1.80. The number of ketones is 1. The molecule has 4 nitrogen and oxygen atoms in total. The highest BCUT2D eigenvalue weighted by Gasteiger charge is 2.21. The normalized spacial score (nSPS) is 12.8. The minimum absolute atomic E-state index is 0.0550. The van der Waals surface area contributed by atoms with Crippen LogP contribution in [0.3, 0.4) is 0 Å². The van der Waals surface area contributed by atoms with Gasteiger partial charge in [0, 0.05) is 0 Å². The van der Waals surface area contributed by atoms with Crippen LogP contribution in [0.2, 0.25) is 4.34 Å². The molecule has 1 aromatic rings. The standard InChI is InChI=1S/C10H13ClN2O2S/c1-6(13(2)5-9(12)14)10(15)7-3-4-8(11)16-7/h3-4,6H,5H2,1-2H3,(H2,12,14). The number of primary amides is 1. The molecule has 0 aliphatic heterocycles. The van der Waals surface area contributed by atoms with Crippen LogP contribution < -0.4 is 5.73 Å². The Morgan fingerprint density at radius 1 is 1.56 bits per heavy atom. The van der Waals surface area contributed by atoms with Gasteiger partial charge in [-0.15, -0.1) is 11.3 Å². The van der Waals surface area contributed by atoms with Gasteiger partial charge in [0.05, 0.1) is 21.8 Å². The number of halogens is 1. The zero-order valence-electron chi connectivity index (χ0n) is 9.07. The zero-order chi connectivity index (χ0) is 12.3. The second-order valence-corrected chi connectivity index (χ2v) is 5.24. The van der Waals surface area contributed by atoms with E-state index in [1.165, 1.54) is 11.3 Å². The Bertz CT molecular complexity index is 405. The number of Topliss-reactive ketones (excluding diaryl/α,β-unsaturated/α-hetero) is 1. The van der Waals surface area contributed by atoms with Gasteiger partial charge in [0.2, 0.25) is 5.91 Å². The molecular weight excluding hydrogens is 248 g/mol. The maximum atomic E-state index is 11.9. The smallest absolute Gasteiger partial charge is 0.231 e. The number of nitrogens with zero attached hydrogens (tertiary/aromatic N) is 1. The van der Waals surface area contributed by atoms with E-state index in [2.05, 4.69) is 0 Å². The van der Waals surface area contributed by atoms with Crippen LogP contribution in [0.15, 0.2) is 12.1 Å². The number of likely N-dealkylation sites (N-methyl/N-ethyl adjacent to an activating group) is 1. The number of nitrogens with two attached hydrogens (primary N) is 1. The lowest BCUT2D eigenvalue weighted by molar-refractivity contribution is -0.119. The second-order valence-electron chi connectivity index (χ2n) is 3.53. The summed E-state index contributed by atoms with van der Waals surface area (Å²) in [5.74, 6) is -0.507. The Labute approximate surface area is 103 Å². The molecular formula is C10H13ClN2O2S. The van der Waals surface area contributed by atoms with Gasteiger partial charge in [-0.1, -0.05) is 11.6 Å². The quantitative estimate of drug-likeness (QED) is 0.814. The summed E-state index contributed by atoms with van der Waals surface area (Å²) < 4.78 is 0.577. The lowest BCUT2D eigenvalue weighted by Gasteiger charge is -2.21. The zero-order valence-corrected chi connectivity index (χ0v) is 10.6. The van der Waals surface area contributed by atoms with Crippen molar-refractivity contribution >= 4 is 34.6 Å². The third-order valence-corrected chi connectivity index (χ3v) is 3.51. The van der Waals surface area contributed by atoms with E-state index in [4.69, 9.17) is 17.3 Å². The summed E-state index contributed by atoms with van der Waals surface area (Å²) >= 11 is 6.99. The first kappa shape index (κ1) is 13.2. The van der Waals surface area contributed by atoms with E-state index in [1.807, 2.05) is 0 Å². The molecule has 0 aliphatic rings. The second kappa shape index (κ2) is 5.43. The number of hydrogen-bond acceptors (Lipinski definition) is 4. The number of thiophene rings is 1. The van der Waals surface area contributed by atoms with Crippen molar-refractivity contribution in [3.63, 3.8) is 0 Å². The highest BCUT2D eigenvalue weighted by Crippen LogP contribution is 2.23. The number of carbonyl (C=O) groups excluding carboxylic acids is 2. The van der Waals surface area contributed by atoms with Crippen LogP contribution in [0.1, 0.15) is 16.6 Å². The molecule has 0 aromatic carbocycles. The van der Waals surface area contributed by atoms with Crippen molar-refractivity contribution in [2.24, 2.45) is 5.73 Å². The van der Waals surface area contributed by atoms with Crippen LogP contribution in [0, 0.1) is 0 Å². The predicted molar refractivity (Wildman–Crippen MR) is 64.9 cm³/mol. The van der Waals surface area contributed by atoms with E-state index >= 15 is 0 Å². The molecule has 1 amide bonds. The van der Waals surface area contributed by atoms with Crippen LogP contribution in [0.5, 0.6) is 0 Å². The average molecular weight is 261 g/mol. The van der Waals surface area contributed by atoms with Crippen molar-refractivity contribution in [2.75, 3.05) is 13.6 Å². The van der Waals surface area contributed by atoms with Crippen LogP contribution in [-0.2, 0) is 4.79 Å². The van der Waals surface area contributed by atoms with Gasteiger partial charge in [-0.3, -0.25) is 14.5 Å². The van der Waals surface area contributed by atoms with Crippen LogP contribution >= 0.6 is 22.9 Å². The lowest BCUT2D eigenvalue weighted by atomic mass is 10.1. The average Bonchev–Trinajstić information content (AvgIpc) is 2.61. The van der Waals surface area contributed by atoms with Gasteiger partial charge in [0.15, 0.2) is 5.78 Å². The molecule has 0 radical (unpaired) electrons. The SMILES string of the molecule is CC(C(=O)c1ccc(Cl)s1)N(C)CC(N)=O. The molecule has 88 valence electrons. The first-order valence-electron chi connectivity index (χ1n) is 4.70. The van der Waals surface area contributed by atoms with Crippen molar-refractivity contribution in [2.45, 2.75) is 13.0 Å². The molecule has 0 saturated heterocycles. The number of hydrogen-bond donors (Lipinski definition) is 1. The fourth-order valence-corrected chi connectivity index (χ4v) is 2.30. The molecule has 1 heterocycles. The van der Waals surface area contributed by atoms with Gasteiger partial charge >= 0.3 is 0 Å². The van der Waals surface area contributed by atoms with Gasteiger partial charge in [-0.2, -0.15) is 0 Å². The van der Waals surface area contributed by atoms with Gasteiger partial charge in [-0.05, 0) is 26.1 Å². The maximum absolute atomic E-state index is 11.9. The fourth-order valence-electron chi connectivity index (χ4n) is 1.24. The monoisotopic (exact) mass is 260 g/mol. The summed E-state index contributed by atoms with van der Waals surface area (Å²) in [6.07, 6.45) is 0. The van der Waals surface area contributed by atoms with Crippen LogP contribution in [0.25, 0.3) is 0 Å². The van der Waals surface area contributed by atoms with E-state index < -0.39 is 5.91 Å². The van der Waals surface area contributed by atoms with Crippen molar-refractivity contribution in [3.8, 4) is 0 Å². The lowest BCUT2D eigenvalue weighted by Crippen LogP contribution is -2.41. The van der Waals surface area contributed by atoms with Crippen LogP contribution in [0.4, 0.5) is 0 Å². The molecule has 0 bridgehead atoms. The number of amides is 1. The topological polar surface area (TPSA) is 63.4 Å². The van der Waals surface area contributed by atoms with Gasteiger partial charge in [0.1, 0.15) is 0 Å². The van der Waals surface area contributed by atoms with E-state index in [-0.39, 0.29) is 18.4 Å².